The molecule has 0 saturated carbocycles. The van der Waals surface area contributed by atoms with E-state index in [2.05, 4.69) is 0 Å². The Hall–Kier alpha value is -3.67. The summed E-state index contributed by atoms with van der Waals surface area (Å²) in [5.74, 6) is -0.411. The zero-order valence-electron chi connectivity index (χ0n) is 17.6. The number of hydrogen-bond donors (Lipinski definition) is 1. The Morgan fingerprint density at radius 1 is 0.882 bits per heavy atom. The van der Waals surface area contributed by atoms with Gasteiger partial charge < -0.3 is 10.5 Å². The molecule has 9 heteroatoms. The van der Waals surface area contributed by atoms with Gasteiger partial charge in [0.15, 0.2) is 0 Å². The number of ether oxygens (including phenoxy) is 1. The predicted molar refractivity (Wildman–Crippen MR) is 112 cm³/mol. The van der Waals surface area contributed by atoms with Crippen molar-refractivity contribution in [3.05, 3.63) is 99.1 Å². The Morgan fingerprint density at radius 3 is 1.97 bits per heavy atom. The van der Waals surface area contributed by atoms with E-state index in [-0.39, 0.29) is 11.5 Å². The van der Waals surface area contributed by atoms with E-state index in [1.807, 2.05) is 6.07 Å². The minimum absolute atomic E-state index is 0.106. The van der Waals surface area contributed by atoms with Crippen LogP contribution in [-0.4, -0.2) is 0 Å². The van der Waals surface area contributed by atoms with Gasteiger partial charge in [-0.25, -0.2) is 0 Å². The molecule has 1 aliphatic heterocycles. The van der Waals surface area contributed by atoms with Gasteiger partial charge in [0.25, 0.3) is 0 Å². The van der Waals surface area contributed by atoms with Crippen molar-refractivity contribution in [3.8, 4) is 6.07 Å². The van der Waals surface area contributed by atoms with Crippen LogP contribution in [0.15, 0.2) is 76.9 Å². The third-order valence-electron chi connectivity index (χ3n) is 5.86. The second kappa shape index (κ2) is 8.60. The average molecular weight is 476 g/mol. The van der Waals surface area contributed by atoms with E-state index in [0.717, 1.165) is 24.3 Å². The van der Waals surface area contributed by atoms with Crippen molar-refractivity contribution in [1.82, 2.24) is 0 Å². The molecule has 0 amide bonds. The zero-order chi connectivity index (χ0) is 24.7. The maximum absolute atomic E-state index is 13.0. The molecular formula is C25H18F6N2O. The Labute approximate surface area is 191 Å². The van der Waals surface area contributed by atoms with Gasteiger partial charge in [-0.15, -0.1) is 0 Å². The fourth-order valence-corrected chi connectivity index (χ4v) is 4.25. The van der Waals surface area contributed by atoms with Gasteiger partial charge in [0, 0.05) is 5.92 Å². The minimum Gasteiger partial charge on any atom is -0.440 e. The summed E-state index contributed by atoms with van der Waals surface area (Å²) in [6.07, 6.45) is -5.47. The summed E-state index contributed by atoms with van der Waals surface area (Å²) in [6, 6.07) is 11.2. The molecule has 0 bridgehead atoms. The molecule has 4 rings (SSSR count). The van der Waals surface area contributed by atoms with Gasteiger partial charge in [0.2, 0.25) is 5.88 Å². The SMILES string of the molecule is N#CC1=C(N)OC2=C(CCC/C2=C\c2ccc(C(F)(F)F)cc2)C1c1ccc(C(F)(F)F)cc1. The third-order valence-corrected chi connectivity index (χ3v) is 5.86. The van der Waals surface area contributed by atoms with Crippen molar-refractivity contribution < 1.29 is 31.1 Å². The lowest BCUT2D eigenvalue weighted by Crippen LogP contribution is -2.23. The molecule has 3 nitrogen and oxygen atoms in total. The quantitative estimate of drug-likeness (QED) is 0.473. The first-order valence-electron chi connectivity index (χ1n) is 10.3. The van der Waals surface area contributed by atoms with Crippen molar-refractivity contribution in [2.75, 3.05) is 0 Å². The number of hydrogen-bond acceptors (Lipinski definition) is 3. The zero-order valence-corrected chi connectivity index (χ0v) is 17.6. The number of nitrogens with zero attached hydrogens (tertiary/aromatic N) is 1. The van der Waals surface area contributed by atoms with E-state index >= 15 is 0 Å². The summed E-state index contributed by atoms with van der Waals surface area (Å²) in [5.41, 5.74) is 6.95. The van der Waals surface area contributed by atoms with Crippen molar-refractivity contribution in [2.24, 2.45) is 5.73 Å². The van der Waals surface area contributed by atoms with Crippen LogP contribution in [0, 0.1) is 11.3 Å². The highest BCUT2D eigenvalue weighted by molar-refractivity contribution is 5.62. The maximum atomic E-state index is 13.0. The second-order valence-electron chi connectivity index (χ2n) is 8.04. The molecule has 0 saturated heterocycles. The number of nitriles is 1. The van der Waals surface area contributed by atoms with Crippen LogP contribution in [0.25, 0.3) is 6.08 Å². The second-order valence-corrected chi connectivity index (χ2v) is 8.04. The molecule has 2 aromatic carbocycles. The van der Waals surface area contributed by atoms with Gasteiger partial charge in [0.1, 0.15) is 17.4 Å². The first-order chi connectivity index (χ1) is 16.0. The Kier molecular flexibility index (Phi) is 5.94. The van der Waals surface area contributed by atoms with Crippen LogP contribution in [0.1, 0.15) is 47.4 Å². The third kappa shape index (κ3) is 4.53. The van der Waals surface area contributed by atoms with Gasteiger partial charge in [-0.2, -0.15) is 31.6 Å². The van der Waals surface area contributed by atoms with Crippen molar-refractivity contribution >= 4 is 6.08 Å². The summed E-state index contributed by atoms with van der Waals surface area (Å²) >= 11 is 0. The minimum atomic E-state index is -4.49. The number of allylic oxidation sites excluding steroid dienone is 3. The van der Waals surface area contributed by atoms with Gasteiger partial charge in [0.05, 0.1) is 11.1 Å². The largest absolute Gasteiger partial charge is 0.440 e. The van der Waals surface area contributed by atoms with Crippen molar-refractivity contribution in [1.29, 1.82) is 5.26 Å². The highest BCUT2D eigenvalue weighted by atomic mass is 19.4. The predicted octanol–water partition coefficient (Wildman–Crippen LogP) is 7.05. The van der Waals surface area contributed by atoms with E-state index in [9.17, 15) is 31.6 Å². The van der Waals surface area contributed by atoms with E-state index in [4.69, 9.17) is 10.5 Å². The monoisotopic (exact) mass is 476 g/mol. The van der Waals surface area contributed by atoms with Crippen LogP contribution in [0.2, 0.25) is 0 Å². The first kappa shape index (κ1) is 23.5. The molecule has 1 aliphatic carbocycles. The standard InChI is InChI=1S/C25H18F6N2O/c26-24(27,28)17-8-4-14(5-9-17)12-16-2-1-3-19-21(20(13-32)23(33)34-22(16)19)15-6-10-18(11-7-15)25(29,30)31/h4-12,21H,1-3,33H2/b16-12+. The highest BCUT2D eigenvalue weighted by Crippen LogP contribution is 2.47. The fourth-order valence-electron chi connectivity index (χ4n) is 4.25. The topological polar surface area (TPSA) is 59.0 Å². The molecule has 1 heterocycles. The molecule has 34 heavy (non-hydrogen) atoms. The lowest BCUT2D eigenvalue weighted by Gasteiger charge is -2.33. The molecule has 2 aliphatic rings. The van der Waals surface area contributed by atoms with E-state index in [1.165, 1.54) is 24.3 Å². The molecule has 0 radical (unpaired) electrons. The van der Waals surface area contributed by atoms with Crippen LogP contribution in [-0.2, 0) is 17.1 Å². The summed E-state index contributed by atoms with van der Waals surface area (Å²) in [5, 5.41) is 9.68. The normalized spacial score (nSPS) is 20.1. The van der Waals surface area contributed by atoms with E-state index in [0.29, 0.717) is 47.3 Å². The Bertz CT molecular complexity index is 1230. The van der Waals surface area contributed by atoms with Gasteiger partial charge in [-0.3, -0.25) is 0 Å². The Morgan fingerprint density at radius 2 is 1.44 bits per heavy atom. The summed E-state index contributed by atoms with van der Waals surface area (Å²) in [6.45, 7) is 0. The van der Waals surface area contributed by atoms with Crippen LogP contribution in [0.5, 0.6) is 0 Å². The number of halogens is 6. The van der Waals surface area contributed by atoms with Crippen molar-refractivity contribution in [3.63, 3.8) is 0 Å². The number of rotatable bonds is 2. The molecule has 1 unspecified atom stereocenters. The number of benzene rings is 2. The van der Waals surface area contributed by atoms with Crippen molar-refractivity contribution in [2.45, 2.75) is 37.5 Å². The molecule has 0 aromatic heterocycles. The molecular weight excluding hydrogens is 458 g/mol. The molecule has 2 N–H and O–H groups in total. The lowest BCUT2D eigenvalue weighted by atomic mass is 9.76. The van der Waals surface area contributed by atoms with Crippen LogP contribution < -0.4 is 5.73 Å². The lowest BCUT2D eigenvalue weighted by molar-refractivity contribution is -0.138. The Balaban J connectivity index is 1.75. The number of alkyl halides is 6. The van der Waals surface area contributed by atoms with Gasteiger partial charge in [-0.1, -0.05) is 24.3 Å². The smallest absolute Gasteiger partial charge is 0.416 e. The molecule has 1 atom stereocenters. The van der Waals surface area contributed by atoms with E-state index < -0.39 is 29.4 Å². The summed E-state index contributed by atoms with van der Waals surface area (Å²) in [7, 11) is 0. The van der Waals surface area contributed by atoms with Crippen LogP contribution in [0.4, 0.5) is 26.3 Å². The summed E-state index contributed by atoms with van der Waals surface area (Å²) < 4.78 is 83.4. The average Bonchev–Trinajstić information content (AvgIpc) is 2.78. The van der Waals surface area contributed by atoms with Crippen LogP contribution >= 0.6 is 0 Å². The molecule has 0 spiro atoms. The first-order valence-corrected chi connectivity index (χ1v) is 10.3. The van der Waals surface area contributed by atoms with Gasteiger partial charge in [-0.05, 0) is 71.9 Å². The molecule has 0 fully saturated rings. The molecule has 176 valence electrons. The maximum Gasteiger partial charge on any atom is 0.416 e. The van der Waals surface area contributed by atoms with Crippen LogP contribution in [0.3, 0.4) is 0 Å². The number of nitrogens with two attached hydrogens (primary N) is 1. The van der Waals surface area contributed by atoms with E-state index in [1.54, 1.807) is 6.08 Å². The highest BCUT2D eigenvalue weighted by Gasteiger charge is 2.37. The van der Waals surface area contributed by atoms with Gasteiger partial charge >= 0.3 is 12.4 Å². The molecule has 2 aromatic rings. The fraction of sp³-hybridized carbons (Fsp3) is 0.240. The summed E-state index contributed by atoms with van der Waals surface area (Å²) in [4.78, 5) is 0.